The molecule has 0 spiro atoms. The lowest BCUT2D eigenvalue weighted by Crippen LogP contribution is -2.37. The number of halogens is 4. The second-order valence-electron chi connectivity index (χ2n) is 10.5. The van der Waals surface area contributed by atoms with E-state index >= 15 is 0 Å². The summed E-state index contributed by atoms with van der Waals surface area (Å²) in [7, 11) is 0. The average Bonchev–Trinajstić information content (AvgIpc) is 3.43. The van der Waals surface area contributed by atoms with Crippen molar-refractivity contribution >= 4 is 17.8 Å². The normalized spacial score (nSPS) is 12.0. The van der Waals surface area contributed by atoms with Gasteiger partial charge in [-0.2, -0.15) is 17.6 Å². The summed E-state index contributed by atoms with van der Waals surface area (Å²) in [6.45, 7) is 2.28. The van der Waals surface area contributed by atoms with Gasteiger partial charge in [0.15, 0.2) is 0 Å². The van der Waals surface area contributed by atoms with Crippen molar-refractivity contribution in [2.24, 2.45) is 11.1 Å². The molecule has 4 aromatic rings. The van der Waals surface area contributed by atoms with Gasteiger partial charge in [-0.3, -0.25) is 0 Å². The zero-order valence-electron chi connectivity index (χ0n) is 23.5. The number of ether oxygens (including phenoxy) is 1. The SMILES string of the molecule is CC(C)(COc1ccn(-c2cnc(NSc3cccc(F)n3)cc2-c2ccccc2CCCCCCN)n1)C(F)(F)F. The van der Waals surface area contributed by atoms with Crippen molar-refractivity contribution in [1.82, 2.24) is 19.7 Å². The number of nitrogens with zero attached hydrogens (tertiary/aromatic N) is 4. The number of aromatic nitrogens is 4. The lowest BCUT2D eigenvalue weighted by molar-refractivity contribution is -0.219. The highest BCUT2D eigenvalue weighted by molar-refractivity contribution is 8.00. The Hall–Kier alpha value is -3.64. The van der Waals surface area contributed by atoms with Crippen molar-refractivity contribution in [2.45, 2.75) is 57.2 Å². The molecule has 0 fully saturated rings. The maximum absolute atomic E-state index is 13.6. The Labute approximate surface area is 247 Å². The Balaban J connectivity index is 1.64. The quantitative estimate of drug-likeness (QED) is 0.0664. The number of aryl methyl sites for hydroxylation is 1. The first-order chi connectivity index (χ1) is 20.1. The van der Waals surface area contributed by atoms with E-state index in [-0.39, 0.29) is 5.88 Å². The third kappa shape index (κ3) is 8.22. The van der Waals surface area contributed by atoms with E-state index in [1.165, 1.54) is 12.1 Å². The first kappa shape index (κ1) is 31.3. The van der Waals surface area contributed by atoms with Crippen LogP contribution in [0.2, 0.25) is 0 Å². The smallest absolute Gasteiger partial charge is 0.397 e. The van der Waals surface area contributed by atoms with Gasteiger partial charge in [0.2, 0.25) is 11.8 Å². The summed E-state index contributed by atoms with van der Waals surface area (Å²) in [6, 6.07) is 16.0. The summed E-state index contributed by atoms with van der Waals surface area (Å²) < 4.78 is 63.6. The van der Waals surface area contributed by atoms with Gasteiger partial charge in [0, 0.05) is 29.8 Å². The highest BCUT2D eigenvalue weighted by Crippen LogP contribution is 2.38. The van der Waals surface area contributed by atoms with Crippen molar-refractivity contribution in [3.63, 3.8) is 0 Å². The number of unbranched alkanes of at least 4 members (excludes halogenated alkanes) is 3. The molecule has 3 N–H and O–H groups in total. The fraction of sp³-hybridized carbons (Fsp3) is 0.367. The zero-order chi connectivity index (χ0) is 30.2. The molecule has 12 heteroatoms. The average molecular weight is 603 g/mol. The maximum Gasteiger partial charge on any atom is 0.397 e. The van der Waals surface area contributed by atoms with E-state index in [1.807, 2.05) is 24.3 Å². The molecule has 0 aliphatic rings. The van der Waals surface area contributed by atoms with E-state index < -0.39 is 24.1 Å². The van der Waals surface area contributed by atoms with Crippen molar-refractivity contribution in [1.29, 1.82) is 0 Å². The minimum absolute atomic E-state index is 0.0707. The van der Waals surface area contributed by atoms with Crippen LogP contribution in [0.1, 0.15) is 45.1 Å². The number of hydrogen-bond donors (Lipinski definition) is 2. The zero-order valence-corrected chi connectivity index (χ0v) is 24.3. The van der Waals surface area contributed by atoms with Crippen molar-refractivity contribution in [3.05, 3.63) is 78.5 Å². The van der Waals surface area contributed by atoms with Crippen LogP contribution in [0.15, 0.2) is 72.0 Å². The molecule has 0 atom stereocenters. The molecule has 4 rings (SSSR count). The van der Waals surface area contributed by atoms with Crippen LogP contribution in [0.3, 0.4) is 0 Å². The Morgan fingerprint density at radius 1 is 0.976 bits per heavy atom. The van der Waals surface area contributed by atoms with Gasteiger partial charge >= 0.3 is 6.18 Å². The van der Waals surface area contributed by atoms with Crippen LogP contribution >= 0.6 is 11.9 Å². The Bertz CT molecular complexity index is 1460. The molecule has 3 aromatic heterocycles. The maximum atomic E-state index is 13.6. The highest BCUT2D eigenvalue weighted by Gasteiger charge is 2.48. The van der Waals surface area contributed by atoms with Crippen molar-refractivity contribution in [3.8, 4) is 22.7 Å². The Kier molecular flexibility index (Phi) is 10.4. The van der Waals surface area contributed by atoms with Crippen LogP contribution in [0.4, 0.5) is 23.4 Å². The summed E-state index contributed by atoms with van der Waals surface area (Å²) in [6.07, 6.45) is 3.82. The molecule has 1 aromatic carbocycles. The van der Waals surface area contributed by atoms with Crippen LogP contribution in [0.5, 0.6) is 5.88 Å². The summed E-state index contributed by atoms with van der Waals surface area (Å²) in [4.78, 5) is 8.37. The molecule has 42 heavy (non-hydrogen) atoms. The highest BCUT2D eigenvalue weighted by atomic mass is 32.2. The predicted octanol–water partition coefficient (Wildman–Crippen LogP) is 7.62. The number of nitrogens with one attached hydrogen (secondary N) is 1. The van der Waals surface area contributed by atoms with Gasteiger partial charge in [-0.05, 0) is 69.0 Å². The monoisotopic (exact) mass is 602 g/mol. The topological polar surface area (TPSA) is 90.9 Å². The molecule has 0 bridgehead atoms. The standard InChI is InChI=1S/C30H34F4N6OS/c1-29(2,30(32,33)34)20-41-27-15-17-40(38-27)24-19-36-26(39-42-28-14-9-13-25(31)37-28)18-23(24)22-12-7-6-11-21(22)10-5-3-4-8-16-35/h6-7,9,11-15,17-19H,3-5,8,10,16,20,35H2,1-2H3,(H,36,39). The summed E-state index contributed by atoms with van der Waals surface area (Å²) in [5.41, 5.74) is 7.14. The van der Waals surface area contributed by atoms with Crippen LogP contribution in [0.25, 0.3) is 16.8 Å². The predicted molar refractivity (Wildman–Crippen MR) is 157 cm³/mol. The molecule has 0 saturated carbocycles. The van der Waals surface area contributed by atoms with Gasteiger partial charge in [0.1, 0.15) is 17.5 Å². The fourth-order valence-corrected chi connectivity index (χ4v) is 4.72. The molecule has 0 saturated heterocycles. The molecule has 224 valence electrons. The molecular formula is C30H34F4N6OS. The van der Waals surface area contributed by atoms with Crippen molar-refractivity contribution in [2.75, 3.05) is 17.9 Å². The first-order valence-corrected chi connectivity index (χ1v) is 14.5. The van der Waals surface area contributed by atoms with Gasteiger partial charge < -0.3 is 15.2 Å². The first-order valence-electron chi connectivity index (χ1n) is 13.7. The van der Waals surface area contributed by atoms with Gasteiger partial charge in [-0.25, -0.2) is 14.6 Å². The molecule has 0 unspecified atom stereocenters. The van der Waals surface area contributed by atoms with E-state index in [1.54, 1.807) is 29.2 Å². The largest absolute Gasteiger partial charge is 0.476 e. The third-order valence-corrected chi connectivity index (χ3v) is 7.45. The Morgan fingerprint density at radius 2 is 1.76 bits per heavy atom. The summed E-state index contributed by atoms with van der Waals surface area (Å²) >= 11 is 1.13. The Morgan fingerprint density at radius 3 is 2.52 bits per heavy atom. The number of alkyl halides is 3. The number of benzene rings is 1. The summed E-state index contributed by atoms with van der Waals surface area (Å²) in [5.74, 6) is 0.000952. The number of rotatable bonds is 14. The van der Waals surface area contributed by atoms with E-state index in [9.17, 15) is 17.6 Å². The number of nitrogens with two attached hydrogens (primary N) is 1. The minimum atomic E-state index is -4.41. The minimum Gasteiger partial charge on any atom is -0.476 e. The van der Waals surface area contributed by atoms with Gasteiger partial charge in [-0.1, -0.05) is 43.2 Å². The van der Waals surface area contributed by atoms with E-state index in [0.29, 0.717) is 23.1 Å². The molecule has 0 aliphatic heterocycles. The summed E-state index contributed by atoms with van der Waals surface area (Å²) in [5, 5.41) is 4.85. The molecule has 0 amide bonds. The van der Waals surface area contributed by atoms with Crippen LogP contribution in [-0.2, 0) is 6.42 Å². The second kappa shape index (κ2) is 14.0. The van der Waals surface area contributed by atoms with Gasteiger partial charge in [0.25, 0.3) is 0 Å². The second-order valence-corrected chi connectivity index (χ2v) is 11.3. The van der Waals surface area contributed by atoms with E-state index in [4.69, 9.17) is 10.5 Å². The lowest BCUT2D eigenvalue weighted by atomic mass is 9.94. The molecule has 7 nitrogen and oxygen atoms in total. The molecular weight excluding hydrogens is 568 g/mol. The van der Waals surface area contributed by atoms with Crippen molar-refractivity contribution < 1.29 is 22.3 Å². The number of anilines is 1. The fourth-order valence-electron chi connectivity index (χ4n) is 4.12. The van der Waals surface area contributed by atoms with Gasteiger partial charge in [0.05, 0.1) is 17.3 Å². The molecule has 0 radical (unpaired) electrons. The molecule has 3 heterocycles. The van der Waals surface area contributed by atoms with E-state index in [2.05, 4.69) is 25.9 Å². The molecule has 0 aliphatic carbocycles. The lowest BCUT2D eigenvalue weighted by Gasteiger charge is -2.26. The van der Waals surface area contributed by atoms with Crippen LogP contribution in [0, 0.1) is 11.4 Å². The van der Waals surface area contributed by atoms with Crippen LogP contribution in [-0.4, -0.2) is 39.1 Å². The third-order valence-electron chi connectivity index (χ3n) is 6.70. The number of pyridine rings is 2. The van der Waals surface area contributed by atoms with Gasteiger partial charge in [-0.15, -0.1) is 5.10 Å². The van der Waals surface area contributed by atoms with Crippen LogP contribution < -0.4 is 15.2 Å². The number of hydrogen-bond acceptors (Lipinski definition) is 7. The van der Waals surface area contributed by atoms with E-state index in [0.717, 1.165) is 74.6 Å².